The number of furan rings is 1. The molecule has 1 unspecified atom stereocenters. The lowest BCUT2D eigenvalue weighted by Gasteiger charge is -2.28. The summed E-state index contributed by atoms with van der Waals surface area (Å²) in [6.45, 7) is 1.73. The summed E-state index contributed by atoms with van der Waals surface area (Å²) in [5.74, 6) is -1.30. The first-order chi connectivity index (χ1) is 10.7. The lowest BCUT2D eigenvalue weighted by molar-refractivity contribution is -0.273. The first kappa shape index (κ1) is 17.6. The molecule has 2 N–H and O–H groups in total. The second kappa shape index (κ2) is 6.78. The number of allylic oxidation sites excluding steroid dienone is 1. The Bertz CT molecular complexity index is 592. The van der Waals surface area contributed by atoms with Gasteiger partial charge in [-0.3, -0.25) is 4.79 Å². The number of halogens is 3. The molecular formula is C16H20F3NO3. The van der Waals surface area contributed by atoms with Gasteiger partial charge >= 0.3 is 6.18 Å². The summed E-state index contributed by atoms with van der Waals surface area (Å²) in [6, 6.07) is 2.36. The number of carbonyl (C=O) groups is 1. The van der Waals surface area contributed by atoms with Crippen molar-refractivity contribution in [3.05, 3.63) is 35.3 Å². The highest BCUT2D eigenvalue weighted by Gasteiger charge is 2.58. The van der Waals surface area contributed by atoms with Crippen LogP contribution >= 0.6 is 0 Å². The van der Waals surface area contributed by atoms with Crippen LogP contribution in [0.15, 0.2) is 28.2 Å². The molecule has 1 heterocycles. The minimum atomic E-state index is -5.01. The molecule has 1 aliphatic carbocycles. The summed E-state index contributed by atoms with van der Waals surface area (Å²) in [7, 11) is 0. The van der Waals surface area contributed by atoms with Crippen LogP contribution in [0.5, 0.6) is 0 Å². The number of amides is 1. The molecule has 0 saturated carbocycles. The Morgan fingerprint density at radius 3 is 2.65 bits per heavy atom. The van der Waals surface area contributed by atoms with Gasteiger partial charge in [-0.2, -0.15) is 13.2 Å². The SMILES string of the molecule is Cc1ccc(C(O)(CC(=O)NCCC2=CCCC2)C(F)(F)F)o1. The van der Waals surface area contributed by atoms with Gasteiger partial charge in [-0.05, 0) is 44.7 Å². The molecule has 0 fully saturated rings. The summed E-state index contributed by atoms with van der Waals surface area (Å²) in [5.41, 5.74) is -2.11. The second-order valence-electron chi connectivity index (χ2n) is 5.80. The third-order valence-corrected chi connectivity index (χ3v) is 3.94. The molecular weight excluding hydrogens is 311 g/mol. The molecule has 7 heteroatoms. The second-order valence-corrected chi connectivity index (χ2v) is 5.80. The fraction of sp³-hybridized carbons (Fsp3) is 0.562. The first-order valence-corrected chi connectivity index (χ1v) is 7.53. The number of alkyl halides is 3. The van der Waals surface area contributed by atoms with Gasteiger partial charge in [0.25, 0.3) is 0 Å². The number of hydrogen-bond donors (Lipinski definition) is 2. The van der Waals surface area contributed by atoms with Crippen molar-refractivity contribution in [1.29, 1.82) is 0 Å². The van der Waals surface area contributed by atoms with Gasteiger partial charge in [0.2, 0.25) is 11.5 Å². The number of hydrogen-bond acceptors (Lipinski definition) is 3. The van der Waals surface area contributed by atoms with E-state index in [0.29, 0.717) is 6.42 Å². The number of carbonyl (C=O) groups excluding carboxylic acids is 1. The number of aliphatic hydroxyl groups is 1. The zero-order chi connectivity index (χ0) is 17.1. The fourth-order valence-corrected chi connectivity index (χ4v) is 2.61. The van der Waals surface area contributed by atoms with E-state index in [1.807, 2.05) is 0 Å². The van der Waals surface area contributed by atoms with E-state index in [0.717, 1.165) is 25.3 Å². The van der Waals surface area contributed by atoms with Gasteiger partial charge < -0.3 is 14.8 Å². The van der Waals surface area contributed by atoms with Crippen molar-refractivity contribution in [3.8, 4) is 0 Å². The highest BCUT2D eigenvalue weighted by atomic mass is 19.4. The number of aryl methyl sites for hydroxylation is 1. The van der Waals surface area contributed by atoms with Crippen molar-refractivity contribution in [2.75, 3.05) is 6.54 Å². The smallest absolute Gasteiger partial charge is 0.425 e. The van der Waals surface area contributed by atoms with Crippen LogP contribution in [-0.4, -0.2) is 23.7 Å². The Hall–Kier alpha value is -1.76. The molecule has 23 heavy (non-hydrogen) atoms. The normalized spacial score (nSPS) is 17.7. The predicted octanol–water partition coefficient (Wildman–Crippen LogP) is 3.34. The van der Waals surface area contributed by atoms with Gasteiger partial charge in [0.15, 0.2) is 0 Å². The van der Waals surface area contributed by atoms with Gasteiger partial charge in [-0.15, -0.1) is 0 Å². The average molecular weight is 331 g/mol. The van der Waals surface area contributed by atoms with Gasteiger partial charge in [0, 0.05) is 6.54 Å². The van der Waals surface area contributed by atoms with E-state index in [9.17, 15) is 23.1 Å². The molecule has 2 rings (SSSR count). The minimum absolute atomic E-state index is 0.233. The van der Waals surface area contributed by atoms with Crippen LogP contribution in [0, 0.1) is 6.92 Å². The topological polar surface area (TPSA) is 62.5 Å². The van der Waals surface area contributed by atoms with Crippen molar-refractivity contribution in [2.45, 2.75) is 50.8 Å². The standard InChI is InChI=1S/C16H20F3NO3/c1-11-6-7-13(23-11)15(22,16(17,18)19)10-14(21)20-9-8-12-4-2-3-5-12/h4,6-7,22H,2-3,5,8-10H2,1H3,(H,20,21). The van der Waals surface area contributed by atoms with E-state index in [2.05, 4.69) is 11.4 Å². The third-order valence-electron chi connectivity index (χ3n) is 3.94. The summed E-state index contributed by atoms with van der Waals surface area (Å²) in [5, 5.41) is 12.5. The summed E-state index contributed by atoms with van der Waals surface area (Å²) < 4.78 is 44.6. The van der Waals surface area contributed by atoms with E-state index in [-0.39, 0.29) is 12.3 Å². The fourth-order valence-electron chi connectivity index (χ4n) is 2.61. The maximum Gasteiger partial charge on any atom is 0.425 e. The van der Waals surface area contributed by atoms with Crippen LogP contribution in [-0.2, 0) is 10.4 Å². The molecule has 1 aromatic rings. The predicted molar refractivity (Wildman–Crippen MR) is 77.6 cm³/mol. The summed E-state index contributed by atoms with van der Waals surface area (Å²) in [6.07, 6.45) is -0.372. The molecule has 0 aliphatic heterocycles. The summed E-state index contributed by atoms with van der Waals surface area (Å²) >= 11 is 0. The van der Waals surface area contributed by atoms with E-state index in [4.69, 9.17) is 4.42 Å². The van der Waals surface area contributed by atoms with Crippen LogP contribution < -0.4 is 5.32 Å². The van der Waals surface area contributed by atoms with Crippen molar-refractivity contribution in [3.63, 3.8) is 0 Å². The van der Waals surface area contributed by atoms with Crippen molar-refractivity contribution >= 4 is 5.91 Å². The van der Waals surface area contributed by atoms with Gasteiger partial charge in [-0.1, -0.05) is 11.6 Å². The molecule has 0 spiro atoms. The van der Waals surface area contributed by atoms with Crippen molar-refractivity contribution in [2.24, 2.45) is 0 Å². The Labute approximate surface area is 132 Å². The van der Waals surface area contributed by atoms with Gasteiger partial charge in [0.1, 0.15) is 11.5 Å². The lowest BCUT2D eigenvalue weighted by Crippen LogP contribution is -2.46. The van der Waals surface area contributed by atoms with Crippen LogP contribution in [0.2, 0.25) is 0 Å². The average Bonchev–Trinajstić information content (AvgIpc) is 3.09. The molecule has 0 radical (unpaired) electrons. The van der Waals surface area contributed by atoms with Crippen LogP contribution in [0.1, 0.15) is 43.6 Å². The van der Waals surface area contributed by atoms with E-state index in [1.54, 1.807) is 0 Å². The Morgan fingerprint density at radius 1 is 1.39 bits per heavy atom. The molecule has 128 valence electrons. The zero-order valence-corrected chi connectivity index (χ0v) is 12.9. The monoisotopic (exact) mass is 331 g/mol. The third kappa shape index (κ3) is 4.16. The van der Waals surface area contributed by atoms with Gasteiger partial charge in [0.05, 0.1) is 6.42 Å². The first-order valence-electron chi connectivity index (χ1n) is 7.53. The lowest BCUT2D eigenvalue weighted by atomic mass is 9.95. The quantitative estimate of drug-likeness (QED) is 0.786. The largest absolute Gasteiger partial charge is 0.463 e. The van der Waals surface area contributed by atoms with Crippen LogP contribution in [0.4, 0.5) is 13.2 Å². The van der Waals surface area contributed by atoms with Crippen molar-refractivity contribution < 1.29 is 27.5 Å². The number of nitrogens with one attached hydrogen (secondary N) is 1. The van der Waals surface area contributed by atoms with E-state index >= 15 is 0 Å². The Balaban J connectivity index is 1.98. The summed E-state index contributed by atoms with van der Waals surface area (Å²) in [4.78, 5) is 11.8. The van der Waals surface area contributed by atoms with E-state index in [1.165, 1.54) is 18.6 Å². The van der Waals surface area contributed by atoms with Crippen LogP contribution in [0.3, 0.4) is 0 Å². The Morgan fingerprint density at radius 2 is 2.13 bits per heavy atom. The maximum atomic E-state index is 13.2. The molecule has 1 amide bonds. The van der Waals surface area contributed by atoms with E-state index < -0.39 is 29.9 Å². The zero-order valence-electron chi connectivity index (χ0n) is 12.9. The Kier molecular flexibility index (Phi) is 5.19. The maximum absolute atomic E-state index is 13.2. The van der Waals surface area contributed by atoms with Crippen LogP contribution in [0.25, 0.3) is 0 Å². The number of rotatable bonds is 6. The highest BCUT2D eigenvalue weighted by Crippen LogP contribution is 2.42. The molecule has 1 aromatic heterocycles. The van der Waals surface area contributed by atoms with Crippen molar-refractivity contribution in [1.82, 2.24) is 5.32 Å². The molecule has 4 nitrogen and oxygen atoms in total. The molecule has 1 aliphatic rings. The molecule has 1 atom stereocenters. The molecule has 0 bridgehead atoms. The molecule has 0 aromatic carbocycles. The van der Waals surface area contributed by atoms with Gasteiger partial charge in [-0.25, -0.2) is 0 Å². The molecule has 0 saturated heterocycles. The minimum Gasteiger partial charge on any atom is -0.463 e. The highest BCUT2D eigenvalue weighted by molar-refractivity contribution is 5.77.